The molecule has 152 valence electrons. The summed E-state index contributed by atoms with van der Waals surface area (Å²) in [5, 5.41) is 6.57. The number of unbranched alkanes of at least 4 members (excludes halogenated alkanes) is 2. The Bertz CT molecular complexity index is 563. The summed E-state index contributed by atoms with van der Waals surface area (Å²) in [7, 11) is 2.00. The molecule has 0 spiro atoms. The van der Waals surface area contributed by atoms with Crippen molar-refractivity contribution in [1.82, 2.24) is 5.32 Å². The zero-order chi connectivity index (χ0) is 20.7. The minimum Gasteiger partial charge on any atom is -0.359 e. The van der Waals surface area contributed by atoms with Crippen LogP contribution >= 0.6 is 11.8 Å². The van der Waals surface area contributed by atoms with Crippen LogP contribution < -0.4 is 10.6 Å². The number of hydrogen-bond donors (Lipinski definition) is 2. The van der Waals surface area contributed by atoms with Crippen molar-refractivity contribution < 1.29 is 9.59 Å². The van der Waals surface area contributed by atoms with Gasteiger partial charge in [-0.1, -0.05) is 57.7 Å². The average Bonchev–Trinajstić information content (AvgIpc) is 2.60. The van der Waals surface area contributed by atoms with Gasteiger partial charge in [0.25, 0.3) is 0 Å². The molecule has 0 aliphatic heterocycles. The van der Waals surface area contributed by atoms with Gasteiger partial charge >= 0.3 is 0 Å². The Morgan fingerprint density at radius 1 is 1.15 bits per heavy atom. The standard InChI is InChI=1S/C18H30N2.C4H6O2S/c1-15(9-7-6-8-14-19-5)20-17-12-10-16(11-13-17)18(2,3)4;1-4(6)7-3-2-5/h10-13,19-20H,1,6-9,14H2,2-5H3;2H,3H2,1H3. The van der Waals surface area contributed by atoms with Gasteiger partial charge in [-0.05, 0) is 56.0 Å². The van der Waals surface area contributed by atoms with E-state index in [2.05, 4.69) is 62.2 Å². The van der Waals surface area contributed by atoms with Crippen LogP contribution in [0.2, 0.25) is 0 Å². The second-order valence-corrected chi connectivity index (χ2v) is 8.64. The van der Waals surface area contributed by atoms with Gasteiger partial charge < -0.3 is 15.4 Å². The van der Waals surface area contributed by atoms with Gasteiger partial charge in [0, 0.05) is 18.3 Å². The first kappa shape index (κ1) is 25.4. The molecule has 1 aromatic rings. The van der Waals surface area contributed by atoms with E-state index in [9.17, 15) is 9.59 Å². The summed E-state index contributed by atoms with van der Waals surface area (Å²) < 4.78 is 0. The molecule has 0 bridgehead atoms. The first-order valence-corrected chi connectivity index (χ1v) is 10.5. The van der Waals surface area contributed by atoms with Crippen molar-refractivity contribution in [3.8, 4) is 0 Å². The number of aldehydes is 1. The van der Waals surface area contributed by atoms with Gasteiger partial charge in [-0.2, -0.15) is 0 Å². The molecule has 0 aliphatic carbocycles. The first-order valence-electron chi connectivity index (χ1n) is 9.47. The number of benzene rings is 1. The van der Waals surface area contributed by atoms with Crippen molar-refractivity contribution >= 4 is 28.9 Å². The van der Waals surface area contributed by atoms with Gasteiger partial charge in [0.05, 0.1) is 5.75 Å². The third kappa shape index (κ3) is 14.2. The molecule has 5 heteroatoms. The van der Waals surface area contributed by atoms with Gasteiger partial charge in [0.2, 0.25) is 0 Å². The highest BCUT2D eigenvalue weighted by Gasteiger charge is 2.12. The highest BCUT2D eigenvalue weighted by molar-refractivity contribution is 8.14. The Morgan fingerprint density at radius 2 is 1.78 bits per heavy atom. The molecule has 0 atom stereocenters. The molecule has 0 saturated heterocycles. The van der Waals surface area contributed by atoms with Gasteiger partial charge in [-0.15, -0.1) is 0 Å². The smallest absolute Gasteiger partial charge is 0.186 e. The largest absolute Gasteiger partial charge is 0.359 e. The molecule has 0 aromatic heterocycles. The number of carbonyl (C=O) groups excluding carboxylic acids is 2. The van der Waals surface area contributed by atoms with E-state index < -0.39 is 0 Å². The lowest BCUT2D eigenvalue weighted by molar-refractivity contribution is -0.109. The maximum atomic E-state index is 10.0. The van der Waals surface area contributed by atoms with Crippen molar-refractivity contribution in [1.29, 1.82) is 0 Å². The Hall–Kier alpha value is -1.59. The van der Waals surface area contributed by atoms with E-state index in [0.29, 0.717) is 6.29 Å². The Balaban J connectivity index is 0.000000821. The normalized spacial score (nSPS) is 10.6. The molecule has 0 amide bonds. The Morgan fingerprint density at radius 3 is 2.22 bits per heavy atom. The van der Waals surface area contributed by atoms with Crippen LogP contribution in [0, 0.1) is 0 Å². The molecule has 1 aromatic carbocycles. The highest BCUT2D eigenvalue weighted by Crippen LogP contribution is 2.24. The fourth-order valence-electron chi connectivity index (χ4n) is 2.29. The summed E-state index contributed by atoms with van der Waals surface area (Å²) in [6, 6.07) is 8.69. The van der Waals surface area contributed by atoms with Crippen LogP contribution in [0.1, 0.15) is 58.9 Å². The molecule has 0 fully saturated rings. The zero-order valence-electron chi connectivity index (χ0n) is 17.6. The van der Waals surface area contributed by atoms with Crippen molar-refractivity contribution in [2.24, 2.45) is 0 Å². The molecule has 0 radical (unpaired) electrons. The molecule has 0 aliphatic rings. The van der Waals surface area contributed by atoms with Crippen LogP contribution in [0.3, 0.4) is 0 Å². The van der Waals surface area contributed by atoms with Crippen LogP contribution in [0.15, 0.2) is 36.5 Å². The molecule has 27 heavy (non-hydrogen) atoms. The molecule has 0 heterocycles. The Labute approximate surface area is 169 Å². The molecular weight excluding hydrogens is 356 g/mol. The molecule has 2 N–H and O–H groups in total. The van der Waals surface area contributed by atoms with E-state index in [1.807, 2.05) is 7.05 Å². The SMILES string of the molecule is C=C(CCCCCNC)Nc1ccc(C(C)(C)C)cc1.CC(=O)SCC=O. The minimum atomic E-state index is -0.00731. The van der Waals surface area contributed by atoms with Crippen LogP contribution in [0.5, 0.6) is 0 Å². The summed E-state index contributed by atoms with van der Waals surface area (Å²) in [5.41, 5.74) is 3.82. The molecule has 4 nitrogen and oxygen atoms in total. The maximum absolute atomic E-state index is 10.0. The summed E-state index contributed by atoms with van der Waals surface area (Å²) in [4.78, 5) is 19.5. The predicted octanol–water partition coefficient (Wildman–Crippen LogP) is 5.15. The van der Waals surface area contributed by atoms with Crippen molar-refractivity contribution in [3.63, 3.8) is 0 Å². The lowest BCUT2D eigenvalue weighted by Gasteiger charge is -2.19. The molecule has 1 rings (SSSR count). The zero-order valence-corrected chi connectivity index (χ0v) is 18.4. The number of anilines is 1. The number of carbonyl (C=O) groups is 2. The second-order valence-electron chi connectivity index (χ2n) is 7.44. The number of allylic oxidation sites excluding steroid dienone is 1. The number of nitrogens with one attached hydrogen (secondary N) is 2. The third-order valence-corrected chi connectivity index (χ3v) is 4.54. The van der Waals surface area contributed by atoms with Crippen LogP contribution in [0.4, 0.5) is 5.69 Å². The topological polar surface area (TPSA) is 58.2 Å². The summed E-state index contributed by atoms with van der Waals surface area (Å²) in [5.74, 6) is 0.287. The molecular formula is C22H36N2O2S. The van der Waals surface area contributed by atoms with E-state index in [1.165, 1.54) is 31.7 Å². The number of rotatable bonds is 10. The monoisotopic (exact) mass is 392 g/mol. The maximum Gasteiger partial charge on any atom is 0.186 e. The highest BCUT2D eigenvalue weighted by atomic mass is 32.2. The van der Waals surface area contributed by atoms with E-state index in [-0.39, 0.29) is 16.3 Å². The van der Waals surface area contributed by atoms with Crippen molar-refractivity contribution in [2.45, 2.75) is 58.8 Å². The molecule has 0 saturated carbocycles. The van der Waals surface area contributed by atoms with E-state index in [0.717, 1.165) is 36.1 Å². The van der Waals surface area contributed by atoms with E-state index >= 15 is 0 Å². The first-order chi connectivity index (χ1) is 12.7. The lowest BCUT2D eigenvalue weighted by Crippen LogP contribution is -2.10. The summed E-state index contributed by atoms with van der Waals surface area (Å²) in [6.45, 7) is 13.4. The summed E-state index contributed by atoms with van der Waals surface area (Å²) >= 11 is 1.02. The lowest BCUT2D eigenvalue weighted by atomic mass is 9.87. The fraction of sp³-hybridized carbons (Fsp3) is 0.545. The minimum absolute atomic E-state index is 0.00731. The summed E-state index contributed by atoms with van der Waals surface area (Å²) in [6.07, 6.45) is 5.46. The van der Waals surface area contributed by atoms with Gasteiger partial charge in [-0.25, -0.2) is 0 Å². The van der Waals surface area contributed by atoms with Crippen LogP contribution in [-0.2, 0) is 15.0 Å². The predicted molar refractivity (Wildman–Crippen MR) is 120 cm³/mol. The number of hydrogen-bond acceptors (Lipinski definition) is 5. The van der Waals surface area contributed by atoms with Crippen molar-refractivity contribution in [3.05, 3.63) is 42.1 Å². The van der Waals surface area contributed by atoms with Gasteiger partial charge in [0.1, 0.15) is 6.29 Å². The van der Waals surface area contributed by atoms with E-state index in [1.54, 1.807) is 0 Å². The fourth-order valence-corrected chi connectivity index (χ4v) is 2.59. The number of thioether (sulfide) groups is 1. The van der Waals surface area contributed by atoms with Gasteiger partial charge in [0.15, 0.2) is 5.12 Å². The third-order valence-electron chi connectivity index (χ3n) is 3.83. The van der Waals surface area contributed by atoms with E-state index in [4.69, 9.17) is 0 Å². The molecule has 0 unspecified atom stereocenters. The van der Waals surface area contributed by atoms with Crippen molar-refractivity contribution in [2.75, 3.05) is 24.7 Å². The van der Waals surface area contributed by atoms with Gasteiger partial charge in [-0.3, -0.25) is 4.79 Å². The van der Waals surface area contributed by atoms with Crippen LogP contribution in [-0.4, -0.2) is 30.7 Å². The van der Waals surface area contributed by atoms with Crippen LogP contribution in [0.25, 0.3) is 0 Å². The second kappa shape index (κ2) is 14.5. The average molecular weight is 393 g/mol. The Kier molecular flexibility index (Phi) is 13.6. The quantitative estimate of drug-likeness (QED) is 0.426.